The smallest absolute Gasteiger partial charge is 0.226 e. The molecule has 4 rings (SSSR count). The lowest BCUT2D eigenvalue weighted by atomic mass is 10.1. The van der Waals surface area contributed by atoms with E-state index in [1.807, 2.05) is 36.4 Å². The Morgan fingerprint density at radius 2 is 1.86 bits per heavy atom. The summed E-state index contributed by atoms with van der Waals surface area (Å²) in [5.41, 5.74) is 5.24. The van der Waals surface area contributed by atoms with Crippen LogP contribution in [0.25, 0.3) is 22.4 Å². The number of guanidine groups is 1. The number of hydrogen-bond donors (Lipinski definition) is 3. The van der Waals surface area contributed by atoms with E-state index in [1.54, 1.807) is 13.3 Å². The number of nitrogens with zero attached hydrogens (tertiary/aromatic N) is 2. The molecule has 0 fully saturated rings. The van der Waals surface area contributed by atoms with E-state index >= 15 is 0 Å². The number of oxazole rings is 1. The van der Waals surface area contributed by atoms with Gasteiger partial charge in [0.1, 0.15) is 6.26 Å². The van der Waals surface area contributed by atoms with Gasteiger partial charge in [-0.25, -0.2) is 4.98 Å². The number of hydrogen-bond acceptors (Lipinski definition) is 3. The zero-order valence-corrected chi connectivity index (χ0v) is 16.0. The van der Waals surface area contributed by atoms with E-state index in [0.717, 1.165) is 22.5 Å². The second-order valence-electron chi connectivity index (χ2n) is 6.67. The third-order valence-corrected chi connectivity index (χ3v) is 4.54. The average molecular weight is 373 g/mol. The molecule has 0 radical (unpaired) electrons. The van der Waals surface area contributed by atoms with E-state index in [9.17, 15) is 0 Å². The number of aryl methyl sites for hydroxylation is 1. The van der Waals surface area contributed by atoms with Gasteiger partial charge in [-0.2, -0.15) is 0 Å². The molecule has 3 N–H and O–H groups in total. The second kappa shape index (κ2) is 8.00. The summed E-state index contributed by atoms with van der Waals surface area (Å²) in [5, 5.41) is 7.78. The molecule has 2 aromatic carbocycles. The van der Waals surface area contributed by atoms with Gasteiger partial charge in [0, 0.05) is 23.8 Å². The number of aromatic amines is 1. The van der Waals surface area contributed by atoms with Gasteiger partial charge in [0.2, 0.25) is 5.89 Å². The van der Waals surface area contributed by atoms with Gasteiger partial charge in [-0.15, -0.1) is 0 Å². The summed E-state index contributed by atoms with van der Waals surface area (Å²) in [5.74, 6) is 1.33. The summed E-state index contributed by atoms with van der Waals surface area (Å²) in [6.07, 6.45) is 1.67. The van der Waals surface area contributed by atoms with Crippen molar-refractivity contribution in [2.24, 2.45) is 4.99 Å². The van der Waals surface area contributed by atoms with E-state index in [0.29, 0.717) is 24.9 Å². The first-order chi connectivity index (χ1) is 13.7. The lowest BCUT2D eigenvalue weighted by Crippen LogP contribution is -2.36. The van der Waals surface area contributed by atoms with Crippen molar-refractivity contribution in [2.75, 3.05) is 7.05 Å². The Balaban J connectivity index is 1.33. The fourth-order valence-corrected chi connectivity index (χ4v) is 3.02. The summed E-state index contributed by atoms with van der Waals surface area (Å²) in [4.78, 5) is 12.2. The van der Waals surface area contributed by atoms with Crippen molar-refractivity contribution in [3.8, 4) is 11.5 Å². The number of benzene rings is 2. The number of para-hydroxylation sites is 1. The predicted octanol–water partition coefficient (Wildman–Crippen LogP) is 4.00. The summed E-state index contributed by atoms with van der Waals surface area (Å²) in [6, 6.07) is 18.5. The van der Waals surface area contributed by atoms with Gasteiger partial charge in [-0.3, -0.25) is 4.99 Å². The maximum absolute atomic E-state index is 5.60. The van der Waals surface area contributed by atoms with Crippen LogP contribution in [0, 0.1) is 6.92 Å². The Hall–Kier alpha value is -3.54. The minimum atomic E-state index is 0.530. The van der Waals surface area contributed by atoms with Gasteiger partial charge in [-0.1, -0.05) is 35.9 Å². The highest BCUT2D eigenvalue weighted by molar-refractivity contribution is 5.81. The molecule has 0 saturated heterocycles. The lowest BCUT2D eigenvalue weighted by molar-refractivity contribution is 0.572. The molecule has 6 heteroatoms. The minimum Gasteiger partial charge on any atom is -0.444 e. The van der Waals surface area contributed by atoms with Crippen molar-refractivity contribution in [3.05, 3.63) is 77.8 Å². The van der Waals surface area contributed by atoms with Gasteiger partial charge in [0.15, 0.2) is 5.96 Å². The first kappa shape index (κ1) is 17.9. The van der Waals surface area contributed by atoms with Crippen LogP contribution in [0.5, 0.6) is 0 Å². The third-order valence-electron chi connectivity index (χ3n) is 4.54. The molecule has 0 spiro atoms. The molecular weight excluding hydrogens is 350 g/mol. The lowest BCUT2D eigenvalue weighted by Gasteiger charge is -2.09. The number of H-pyrrole nitrogens is 1. The summed E-state index contributed by atoms with van der Waals surface area (Å²) in [7, 11) is 1.75. The summed E-state index contributed by atoms with van der Waals surface area (Å²) in [6.45, 7) is 3.24. The topological polar surface area (TPSA) is 78.2 Å². The van der Waals surface area contributed by atoms with Crippen LogP contribution in [-0.2, 0) is 13.1 Å². The van der Waals surface area contributed by atoms with Crippen molar-refractivity contribution in [3.63, 3.8) is 0 Å². The number of rotatable bonds is 5. The third kappa shape index (κ3) is 4.06. The van der Waals surface area contributed by atoms with Crippen LogP contribution in [0.15, 0.2) is 70.3 Å². The maximum Gasteiger partial charge on any atom is 0.226 e. The van der Waals surface area contributed by atoms with Crippen LogP contribution in [-0.4, -0.2) is 23.0 Å². The van der Waals surface area contributed by atoms with Gasteiger partial charge in [-0.05, 0) is 36.6 Å². The summed E-state index contributed by atoms with van der Waals surface area (Å²) >= 11 is 0. The molecule has 2 aromatic heterocycles. The fraction of sp³-hybridized carbons (Fsp3) is 0.182. The van der Waals surface area contributed by atoms with Gasteiger partial charge in [0.25, 0.3) is 0 Å². The predicted molar refractivity (Wildman–Crippen MR) is 112 cm³/mol. The molecule has 0 unspecified atom stereocenters. The molecule has 0 atom stereocenters. The Labute approximate surface area is 163 Å². The van der Waals surface area contributed by atoms with Crippen molar-refractivity contribution < 1.29 is 4.42 Å². The van der Waals surface area contributed by atoms with E-state index in [1.165, 1.54) is 10.9 Å². The van der Waals surface area contributed by atoms with Crippen LogP contribution in [0.3, 0.4) is 0 Å². The molecule has 0 saturated carbocycles. The molecule has 4 aromatic rings. The fourth-order valence-electron chi connectivity index (χ4n) is 3.02. The zero-order valence-electron chi connectivity index (χ0n) is 16.0. The van der Waals surface area contributed by atoms with Gasteiger partial charge in [0.05, 0.1) is 18.8 Å². The van der Waals surface area contributed by atoms with Crippen LogP contribution in [0.4, 0.5) is 0 Å². The molecule has 142 valence electrons. The first-order valence-corrected chi connectivity index (χ1v) is 9.24. The molecule has 0 aliphatic carbocycles. The van der Waals surface area contributed by atoms with E-state index in [-0.39, 0.29) is 0 Å². The Morgan fingerprint density at radius 1 is 1.07 bits per heavy atom. The molecule has 2 heterocycles. The van der Waals surface area contributed by atoms with E-state index < -0.39 is 0 Å². The number of nitrogens with one attached hydrogen (secondary N) is 3. The van der Waals surface area contributed by atoms with Gasteiger partial charge >= 0.3 is 0 Å². The molecule has 0 bridgehead atoms. The Bertz CT molecular complexity index is 1060. The normalized spacial score (nSPS) is 11.7. The Kier molecular flexibility index (Phi) is 5.10. The molecule has 0 amide bonds. The number of fused-ring (bicyclic) bond motifs is 1. The van der Waals surface area contributed by atoms with Crippen LogP contribution in [0.1, 0.15) is 17.0 Å². The SMILES string of the molecule is CN=C(NCc1coc(-c2ccc(C)cc2)n1)NCc1cc2ccccc2[nH]1. The zero-order chi connectivity index (χ0) is 19.3. The quantitative estimate of drug-likeness (QED) is 0.365. The van der Waals surface area contributed by atoms with Gasteiger partial charge < -0.3 is 20.0 Å². The van der Waals surface area contributed by atoms with Crippen molar-refractivity contribution in [1.82, 2.24) is 20.6 Å². The highest BCUT2D eigenvalue weighted by atomic mass is 16.3. The molecule has 28 heavy (non-hydrogen) atoms. The van der Waals surface area contributed by atoms with E-state index in [2.05, 4.69) is 50.7 Å². The highest BCUT2D eigenvalue weighted by Gasteiger charge is 2.08. The molecule has 0 aliphatic heterocycles. The molecule has 0 aliphatic rings. The van der Waals surface area contributed by atoms with Crippen LogP contribution in [0.2, 0.25) is 0 Å². The van der Waals surface area contributed by atoms with E-state index in [4.69, 9.17) is 4.42 Å². The Morgan fingerprint density at radius 3 is 2.64 bits per heavy atom. The maximum atomic E-state index is 5.60. The monoisotopic (exact) mass is 373 g/mol. The van der Waals surface area contributed by atoms with Crippen molar-refractivity contribution in [1.29, 1.82) is 0 Å². The minimum absolute atomic E-state index is 0.530. The second-order valence-corrected chi connectivity index (χ2v) is 6.67. The average Bonchev–Trinajstić information content (AvgIpc) is 3.35. The molecule has 6 nitrogen and oxygen atoms in total. The van der Waals surface area contributed by atoms with Crippen molar-refractivity contribution >= 4 is 16.9 Å². The largest absolute Gasteiger partial charge is 0.444 e. The summed E-state index contributed by atoms with van der Waals surface area (Å²) < 4.78 is 5.60. The highest BCUT2D eigenvalue weighted by Crippen LogP contribution is 2.19. The standard InChI is InChI=1S/C22H23N5O/c1-15-7-9-16(10-8-15)21-27-19(14-28-21)13-25-22(23-2)24-12-18-11-17-5-3-4-6-20(17)26-18/h3-11,14,26H,12-13H2,1-2H3,(H2,23,24,25). The number of aromatic nitrogens is 2. The van der Waals surface area contributed by atoms with Crippen LogP contribution < -0.4 is 10.6 Å². The van der Waals surface area contributed by atoms with Crippen LogP contribution >= 0.6 is 0 Å². The number of aliphatic imine (C=N–C) groups is 1. The first-order valence-electron chi connectivity index (χ1n) is 9.24. The van der Waals surface area contributed by atoms with Crippen molar-refractivity contribution in [2.45, 2.75) is 20.0 Å². The molecular formula is C22H23N5O.